The highest BCUT2D eigenvalue weighted by Gasteiger charge is 2.18. The molecule has 1 aromatic heterocycles. The summed E-state index contributed by atoms with van der Waals surface area (Å²) in [7, 11) is 0. The Hall–Kier alpha value is -2.59. The molecule has 0 unspecified atom stereocenters. The molecule has 1 heterocycles. The number of hydrogen-bond acceptors (Lipinski definition) is 5. The van der Waals surface area contributed by atoms with E-state index in [9.17, 15) is 9.70 Å². The molecule has 0 bridgehead atoms. The standard InChI is InChI=1S/C11H6N4O2S/c12-5-7-3-1-2-4-8(7)10(16)14-11-13-6-9(15-17)18-11/h1-4,6H,(H,13,14,16)/p+1. The van der Waals surface area contributed by atoms with Gasteiger partial charge in [0.1, 0.15) is 12.3 Å². The number of nitrogens with one attached hydrogen (secondary N) is 2. The van der Waals surface area contributed by atoms with Crippen LogP contribution >= 0.6 is 11.3 Å². The molecule has 0 saturated heterocycles. The largest absolute Gasteiger partial charge is 0.341 e. The van der Waals surface area contributed by atoms with Crippen molar-refractivity contribution in [1.82, 2.24) is 0 Å². The molecule has 0 atom stereocenters. The predicted octanol–water partition coefficient (Wildman–Crippen LogP) is 2.08. The molecule has 0 fully saturated rings. The average molecular weight is 259 g/mol. The Bertz CT molecular complexity index is 644. The highest BCUT2D eigenvalue weighted by Crippen LogP contribution is 2.22. The SMILES string of the molecule is N#Cc1ccccc1C(=O)Nc1[nH+]cc(N=O)s1. The quantitative estimate of drug-likeness (QED) is 0.854. The molecule has 1 amide bonds. The third-order valence-electron chi connectivity index (χ3n) is 2.14. The van der Waals surface area contributed by atoms with E-state index < -0.39 is 5.91 Å². The van der Waals surface area contributed by atoms with Crippen molar-refractivity contribution in [2.45, 2.75) is 0 Å². The smallest absolute Gasteiger partial charge is 0.241 e. The maximum atomic E-state index is 11.9. The summed E-state index contributed by atoms with van der Waals surface area (Å²) in [6, 6.07) is 8.41. The van der Waals surface area contributed by atoms with Crippen molar-refractivity contribution in [2.75, 3.05) is 5.32 Å². The summed E-state index contributed by atoms with van der Waals surface area (Å²) in [5, 5.41) is 14.8. The number of aromatic nitrogens is 1. The Morgan fingerprint density at radius 1 is 1.44 bits per heavy atom. The van der Waals surface area contributed by atoms with Gasteiger partial charge in [0.15, 0.2) is 0 Å². The summed E-state index contributed by atoms with van der Waals surface area (Å²) in [5.41, 5.74) is 0.572. The lowest BCUT2D eigenvalue weighted by Gasteiger charge is -1.97. The lowest BCUT2D eigenvalue weighted by atomic mass is 10.1. The topological polar surface area (TPSA) is 96.5 Å². The van der Waals surface area contributed by atoms with E-state index >= 15 is 0 Å². The van der Waals surface area contributed by atoms with Crippen LogP contribution in [0.15, 0.2) is 35.6 Å². The number of amides is 1. The summed E-state index contributed by atoms with van der Waals surface area (Å²) >= 11 is 1.02. The van der Waals surface area contributed by atoms with Gasteiger partial charge in [-0.05, 0) is 28.6 Å². The molecule has 1 aromatic carbocycles. The predicted molar refractivity (Wildman–Crippen MR) is 65.4 cm³/mol. The van der Waals surface area contributed by atoms with E-state index in [4.69, 9.17) is 5.26 Å². The molecule has 88 valence electrons. The zero-order chi connectivity index (χ0) is 13.0. The van der Waals surface area contributed by atoms with Gasteiger partial charge in [-0.1, -0.05) is 12.1 Å². The Labute approximate surface area is 106 Å². The zero-order valence-corrected chi connectivity index (χ0v) is 9.82. The van der Waals surface area contributed by atoms with Crippen molar-refractivity contribution >= 4 is 27.4 Å². The molecule has 2 aromatic rings. The number of carbonyl (C=O) groups excluding carboxylic acids is 1. The molecule has 2 N–H and O–H groups in total. The Morgan fingerprint density at radius 3 is 2.89 bits per heavy atom. The van der Waals surface area contributed by atoms with Gasteiger partial charge in [0.2, 0.25) is 5.00 Å². The van der Waals surface area contributed by atoms with Crippen LogP contribution in [0.25, 0.3) is 0 Å². The fourth-order valence-corrected chi connectivity index (χ4v) is 1.97. The van der Waals surface area contributed by atoms with Crippen LogP contribution < -0.4 is 10.3 Å². The van der Waals surface area contributed by atoms with E-state index in [2.05, 4.69) is 15.5 Å². The zero-order valence-electron chi connectivity index (χ0n) is 9.01. The molecule has 0 saturated carbocycles. The highest BCUT2D eigenvalue weighted by molar-refractivity contribution is 7.18. The third kappa shape index (κ3) is 2.39. The first-order valence-electron chi connectivity index (χ1n) is 4.90. The normalized spacial score (nSPS) is 9.50. The number of nitriles is 1. The van der Waals surface area contributed by atoms with Gasteiger partial charge >= 0.3 is 11.0 Å². The van der Waals surface area contributed by atoms with E-state index in [1.807, 2.05) is 6.07 Å². The molecule has 0 spiro atoms. The molecule has 18 heavy (non-hydrogen) atoms. The van der Waals surface area contributed by atoms with Crippen LogP contribution in [-0.4, -0.2) is 5.91 Å². The summed E-state index contributed by atoms with van der Waals surface area (Å²) in [5.74, 6) is -0.414. The van der Waals surface area contributed by atoms with Crippen LogP contribution in [0.4, 0.5) is 10.1 Å². The third-order valence-corrected chi connectivity index (χ3v) is 2.97. The van der Waals surface area contributed by atoms with E-state index in [0.29, 0.717) is 10.7 Å². The Kier molecular flexibility index (Phi) is 3.41. The van der Waals surface area contributed by atoms with E-state index in [-0.39, 0.29) is 10.6 Å². The minimum atomic E-state index is -0.414. The maximum absolute atomic E-state index is 11.9. The van der Waals surface area contributed by atoms with Gasteiger partial charge in [-0.2, -0.15) is 10.6 Å². The molecular formula is C11H7N4O2S+. The minimum Gasteiger partial charge on any atom is -0.241 e. The van der Waals surface area contributed by atoms with Crippen LogP contribution in [0.3, 0.4) is 0 Å². The summed E-state index contributed by atoms with van der Waals surface area (Å²) < 4.78 is 0. The Balaban J connectivity index is 2.22. The van der Waals surface area contributed by atoms with Gasteiger partial charge in [0, 0.05) is 0 Å². The van der Waals surface area contributed by atoms with Crippen LogP contribution in [-0.2, 0) is 0 Å². The Morgan fingerprint density at radius 2 is 2.22 bits per heavy atom. The van der Waals surface area contributed by atoms with Crippen molar-refractivity contribution in [3.05, 3.63) is 46.5 Å². The molecule has 0 aliphatic rings. The van der Waals surface area contributed by atoms with E-state index in [0.717, 1.165) is 11.3 Å². The number of carbonyl (C=O) groups is 1. The summed E-state index contributed by atoms with van der Waals surface area (Å²) in [6.07, 6.45) is 1.39. The van der Waals surface area contributed by atoms with Crippen LogP contribution in [0.1, 0.15) is 15.9 Å². The maximum Gasteiger partial charge on any atom is 0.341 e. The monoisotopic (exact) mass is 259 g/mol. The second kappa shape index (κ2) is 5.16. The first-order chi connectivity index (χ1) is 8.74. The number of nitroso groups, excluding NO2 is 1. The van der Waals surface area contributed by atoms with Gasteiger partial charge in [-0.25, -0.2) is 9.78 Å². The molecule has 6 nitrogen and oxygen atoms in total. The van der Waals surface area contributed by atoms with Gasteiger partial charge in [-0.3, -0.25) is 0 Å². The van der Waals surface area contributed by atoms with Crippen molar-refractivity contribution in [2.24, 2.45) is 5.18 Å². The van der Waals surface area contributed by atoms with Crippen LogP contribution in [0.5, 0.6) is 0 Å². The second-order valence-electron chi connectivity index (χ2n) is 3.26. The van der Waals surface area contributed by atoms with Crippen molar-refractivity contribution in [1.29, 1.82) is 5.26 Å². The molecule has 7 heteroatoms. The number of rotatable bonds is 3. The number of anilines is 1. The van der Waals surface area contributed by atoms with Crippen molar-refractivity contribution in [3.63, 3.8) is 0 Å². The van der Waals surface area contributed by atoms with E-state index in [1.165, 1.54) is 6.20 Å². The molecule has 0 radical (unpaired) electrons. The second-order valence-corrected chi connectivity index (χ2v) is 4.29. The lowest BCUT2D eigenvalue weighted by Crippen LogP contribution is -2.17. The minimum absolute atomic E-state index is 0.235. The molecular weight excluding hydrogens is 252 g/mol. The number of thiazole rings is 1. The molecule has 0 aliphatic carbocycles. The van der Waals surface area contributed by atoms with Crippen LogP contribution in [0.2, 0.25) is 0 Å². The van der Waals surface area contributed by atoms with E-state index in [1.54, 1.807) is 24.3 Å². The number of aromatic amines is 1. The summed E-state index contributed by atoms with van der Waals surface area (Å²) in [6.45, 7) is 0. The number of benzene rings is 1. The number of hydrogen-bond donors (Lipinski definition) is 1. The lowest BCUT2D eigenvalue weighted by molar-refractivity contribution is -0.353. The van der Waals surface area contributed by atoms with Crippen molar-refractivity contribution in [3.8, 4) is 6.07 Å². The number of nitrogens with zero attached hydrogens (tertiary/aromatic N) is 2. The molecule has 2 rings (SSSR count). The first kappa shape index (κ1) is 11.9. The van der Waals surface area contributed by atoms with Gasteiger partial charge in [0.05, 0.1) is 11.1 Å². The van der Waals surface area contributed by atoms with Gasteiger partial charge < -0.3 is 0 Å². The van der Waals surface area contributed by atoms with Gasteiger partial charge in [0.25, 0.3) is 0 Å². The van der Waals surface area contributed by atoms with Crippen molar-refractivity contribution < 1.29 is 9.78 Å². The highest BCUT2D eigenvalue weighted by atomic mass is 32.1. The number of H-pyrrole nitrogens is 1. The van der Waals surface area contributed by atoms with Gasteiger partial charge in [-0.15, -0.1) is 4.91 Å². The fourth-order valence-electron chi connectivity index (χ4n) is 1.35. The fraction of sp³-hybridized carbons (Fsp3) is 0. The first-order valence-corrected chi connectivity index (χ1v) is 5.71. The summed E-state index contributed by atoms with van der Waals surface area (Å²) in [4.78, 5) is 24.9. The van der Waals surface area contributed by atoms with Crippen LogP contribution in [0, 0.1) is 16.2 Å². The average Bonchev–Trinajstić information content (AvgIpc) is 2.86. The molecule has 0 aliphatic heterocycles.